The number of carbonyl (C=O) groups is 2. The first-order chi connectivity index (χ1) is 25.7. The van der Waals surface area contributed by atoms with Gasteiger partial charge >= 0.3 is 5.97 Å². The largest absolute Gasteiger partial charge is 0.491 e. The zero-order chi connectivity index (χ0) is 36.9. The third kappa shape index (κ3) is 8.69. The molecule has 2 N–H and O–H groups in total. The van der Waals surface area contributed by atoms with Crippen molar-refractivity contribution in [2.45, 2.75) is 45.7 Å². The van der Waals surface area contributed by atoms with Crippen LogP contribution >= 0.6 is 22.7 Å². The van der Waals surface area contributed by atoms with Gasteiger partial charge in [-0.15, -0.1) is 11.3 Å². The zero-order valence-corrected chi connectivity index (χ0v) is 31.4. The maximum absolute atomic E-state index is 14.9. The Balaban J connectivity index is 0.941. The molecule has 2 aromatic heterocycles. The topological polar surface area (TPSA) is 111 Å². The van der Waals surface area contributed by atoms with Crippen molar-refractivity contribution in [3.05, 3.63) is 99.3 Å². The number of nitrogens with one attached hydrogen (secondary N) is 1. The number of rotatable bonds is 11. The molecule has 0 radical (unpaired) electrons. The molecule has 2 aliphatic heterocycles. The average molecular weight is 753 g/mol. The minimum absolute atomic E-state index is 0.00794. The molecule has 0 aliphatic carbocycles. The number of carboxylic acid groups (broad SMARTS) is 1. The number of thiazole rings is 2. The van der Waals surface area contributed by atoms with Gasteiger partial charge in [0.05, 0.1) is 23.4 Å². The maximum atomic E-state index is 14.9. The Labute approximate surface area is 316 Å². The van der Waals surface area contributed by atoms with Gasteiger partial charge in [0.25, 0.3) is 5.91 Å². The van der Waals surface area contributed by atoms with Gasteiger partial charge in [-0.25, -0.2) is 19.2 Å². The lowest BCUT2D eigenvalue weighted by atomic mass is 9.94. The Hall–Kier alpha value is -4.87. The first-order valence-electron chi connectivity index (χ1n) is 17.8. The number of halogens is 1. The van der Waals surface area contributed by atoms with Gasteiger partial charge in [0.15, 0.2) is 27.5 Å². The van der Waals surface area contributed by atoms with Crippen molar-refractivity contribution in [1.29, 1.82) is 0 Å². The zero-order valence-electron chi connectivity index (χ0n) is 29.7. The summed E-state index contributed by atoms with van der Waals surface area (Å²) in [4.78, 5) is 42.2. The average Bonchev–Trinajstić information content (AvgIpc) is 3.78. The van der Waals surface area contributed by atoms with E-state index in [-0.39, 0.29) is 24.0 Å². The van der Waals surface area contributed by atoms with Gasteiger partial charge in [-0.1, -0.05) is 47.4 Å². The summed E-state index contributed by atoms with van der Waals surface area (Å²) in [6.07, 6.45) is 1.58. The van der Waals surface area contributed by atoms with E-state index in [4.69, 9.17) is 4.74 Å². The lowest BCUT2D eigenvalue weighted by Gasteiger charge is -2.36. The van der Waals surface area contributed by atoms with Crippen LogP contribution < -0.4 is 15.0 Å². The fourth-order valence-electron chi connectivity index (χ4n) is 6.66. The van der Waals surface area contributed by atoms with E-state index in [0.29, 0.717) is 71.2 Å². The van der Waals surface area contributed by atoms with Crippen LogP contribution in [0.1, 0.15) is 62.7 Å². The number of hydrogen-bond donors (Lipinski definition) is 2. The number of amides is 1. The predicted molar refractivity (Wildman–Crippen MR) is 208 cm³/mol. The van der Waals surface area contributed by atoms with Crippen LogP contribution in [0.5, 0.6) is 5.75 Å². The Kier molecular flexibility index (Phi) is 11.3. The van der Waals surface area contributed by atoms with Crippen LogP contribution in [0.15, 0.2) is 60.7 Å². The number of aromatic nitrogens is 2. The predicted octanol–water partition coefficient (Wildman–Crippen LogP) is 6.79. The van der Waals surface area contributed by atoms with Crippen LogP contribution in [0.3, 0.4) is 0 Å². The van der Waals surface area contributed by atoms with Crippen LogP contribution in [0.25, 0.3) is 10.2 Å². The molecule has 274 valence electrons. The summed E-state index contributed by atoms with van der Waals surface area (Å²) in [6, 6.07) is 18.8. The van der Waals surface area contributed by atoms with E-state index in [9.17, 15) is 19.1 Å². The molecule has 0 unspecified atom stereocenters. The number of benzene rings is 3. The number of piperazine rings is 1. The van der Waals surface area contributed by atoms with Crippen molar-refractivity contribution in [2.24, 2.45) is 0 Å². The number of aryl methyl sites for hydroxylation is 1. The number of anilines is 2. The molecule has 13 heteroatoms. The van der Waals surface area contributed by atoms with Crippen LogP contribution in [0, 0.1) is 17.7 Å². The molecular formula is C40H41FN6O4S2. The quantitative estimate of drug-likeness (QED) is 0.111. The van der Waals surface area contributed by atoms with Gasteiger partial charge in [0.2, 0.25) is 0 Å². The monoisotopic (exact) mass is 752 g/mol. The molecule has 1 amide bonds. The Bertz CT molecular complexity index is 2150. The van der Waals surface area contributed by atoms with Gasteiger partial charge in [-0.2, -0.15) is 0 Å². The molecule has 0 bridgehead atoms. The second-order valence-corrected chi connectivity index (χ2v) is 15.5. The molecule has 0 saturated carbocycles. The first-order valence-corrected chi connectivity index (χ1v) is 19.5. The van der Waals surface area contributed by atoms with Gasteiger partial charge in [0.1, 0.15) is 0 Å². The van der Waals surface area contributed by atoms with Crippen molar-refractivity contribution < 1.29 is 23.8 Å². The highest BCUT2D eigenvalue weighted by atomic mass is 32.1. The second kappa shape index (κ2) is 16.4. The molecule has 1 fully saturated rings. The van der Waals surface area contributed by atoms with Crippen molar-refractivity contribution >= 4 is 55.0 Å². The molecular weight excluding hydrogens is 712 g/mol. The lowest BCUT2D eigenvalue weighted by Crippen LogP contribution is -2.48. The number of hydrogen-bond acceptors (Lipinski definition) is 10. The Morgan fingerprint density at radius 2 is 1.85 bits per heavy atom. The maximum Gasteiger partial charge on any atom is 0.355 e. The first kappa shape index (κ1) is 36.5. The summed E-state index contributed by atoms with van der Waals surface area (Å²) in [5, 5.41) is 14.1. The molecule has 2 aliphatic rings. The number of nitrogens with zero attached hydrogens (tertiary/aromatic N) is 5. The van der Waals surface area contributed by atoms with Gasteiger partial charge < -0.3 is 14.7 Å². The number of para-hydroxylation sites is 1. The highest BCUT2D eigenvalue weighted by molar-refractivity contribution is 7.22. The van der Waals surface area contributed by atoms with Crippen LogP contribution in [0.2, 0.25) is 0 Å². The normalized spacial score (nSPS) is 14.9. The highest BCUT2D eigenvalue weighted by Crippen LogP contribution is 2.33. The minimum Gasteiger partial charge on any atom is -0.491 e. The van der Waals surface area contributed by atoms with Crippen molar-refractivity contribution in [2.75, 3.05) is 56.1 Å². The van der Waals surface area contributed by atoms with E-state index in [2.05, 4.69) is 50.8 Å². The summed E-state index contributed by atoms with van der Waals surface area (Å²) >= 11 is 2.76. The number of fused-ring (bicyclic) bond motifs is 2. The van der Waals surface area contributed by atoms with E-state index in [0.717, 1.165) is 47.5 Å². The van der Waals surface area contributed by atoms with Crippen LogP contribution in [0.4, 0.5) is 14.7 Å². The molecule has 0 spiro atoms. The molecule has 0 atom stereocenters. The summed E-state index contributed by atoms with van der Waals surface area (Å²) in [5.74, 6) is 4.56. The summed E-state index contributed by atoms with van der Waals surface area (Å²) in [5.41, 5.74) is 3.96. The molecule has 7 rings (SSSR count). The van der Waals surface area contributed by atoms with Crippen molar-refractivity contribution in [1.82, 2.24) is 19.8 Å². The Morgan fingerprint density at radius 1 is 1.02 bits per heavy atom. The number of ether oxygens (including phenoxy) is 1. The van der Waals surface area contributed by atoms with Crippen LogP contribution in [-0.4, -0.2) is 88.7 Å². The van der Waals surface area contributed by atoms with Gasteiger partial charge in [-0.05, 0) is 80.6 Å². The summed E-state index contributed by atoms with van der Waals surface area (Å²) < 4.78 is 21.6. The molecule has 4 heterocycles. The number of carbonyl (C=O) groups excluding carboxylic acids is 1. The van der Waals surface area contributed by atoms with Crippen molar-refractivity contribution in [3.63, 3.8) is 0 Å². The van der Waals surface area contributed by atoms with Gasteiger partial charge in [0, 0.05) is 61.3 Å². The summed E-state index contributed by atoms with van der Waals surface area (Å²) in [6.45, 7) is 10.4. The van der Waals surface area contributed by atoms with E-state index < -0.39 is 11.8 Å². The molecule has 3 aromatic carbocycles. The highest BCUT2D eigenvalue weighted by Gasteiger charge is 2.27. The van der Waals surface area contributed by atoms with E-state index in [1.165, 1.54) is 28.7 Å². The minimum atomic E-state index is -1.10. The lowest BCUT2D eigenvalue weighted by molar-refractivity contribution is 0.0690. The fourth-order valence-corrected chi connectivity index (χ4v) is 8.64. The molecule has 5 aromatic rings. The molecule has 53 heavy (non-hydrogen) atoms. The molecule has 10 nitrogen and oxygen atoms in total. The van der Waals surface area contributed by atoms with E-state index in [1.807, 2.05) is 47.4 Å². The van der Waals surface area contributed by atoms with E-state index >= 15 is 0 Å². The third-order valence-corrected chi connectivity index (χ3v) is 11.7. The smallest absolute Gasteiger partial charge is 0.355 e. The van der Waals surface area contributed by atoms with E-state index in [1.54, 1.807) is 12.1 Å². The number of carboxylic acids is 1. The SMILES string of the molecule is CC(C)N1CCN(CC#Cc2ccc(OCCCc3sc(N4CCc5cccc(C(=O)Nc6nc7ccccc7s6)c5C4)nc3C(=O)O)c(F)c2)CC1. The Morgan fingerprint density at radius 3 is 2.62 bits per heavy atom. The van der Waals surface area contributed by atoms with Crippen molar-refractivity contribution in [3.8, 4) is 17.6 Å². The third-order valence-electron chi connectivity index (χ3n) is 9.60. The summed E-state index contributed by atoms with van der Waals surface area (Å²) in [7, 11) is 0. The molecule has 1 saturated heterocycles. The fraction of sp³-hybridized carbons (Fsp3) is 0.350. The van der Waals surface area contributed by atoms with Gasteiger partial charge in [-0.3, -0.25) is 19.9 Å². The second-order valence-electron chi connectivity index (χ2n) is 13.4. The van der Waals surface area contributed by atoms with Crippen LogP contribution in [-0.2, 0) is 19.4 Å². The standard InChI is InChI=1S/C40H41FN6O4S2/c1-26(2)46-21-19-45(20-22-46)17-6-8-27-14-15-33(31(41)24-27)51-23-7-13-35-36(38(49)50)43-40(53-35)47-18-16-28-9-5-10-29(30(28)25-47)37(48)44-39-42-32-11-3-4-12-34(32)52-39/h3-5,9-12,14-15,24,26H,7,13,16-23,25H2,1-2H3,(H,49,50)(H,42,44,48). The number of aromatic carboxylic acids is 1.